The number of carbonyl (C=O) groups excluding carboxylic acids is 1. The fraction of sp³-hybridized carbons (Fsp3) is 0.880. The third kappa shape index (κ3) is 21.6. The molecule has 0 aromatic rings. The van der Waals surface area contributed by atoms with Gasteiger partial charge in [0.1, 0.15) is 6.04 Å². The summed E-state index contributed by atoms with van der Waals surface area (Å²) in [6.07, 6.45) is 19.9. The lowest BCUT2D eigenvalue weighted by Gasteiger charge is -2.13. The summed E-state index contributed by atoms with van der Waals surface area (Å²) in [7, 11) is 0. The first-order chi connectivity index (χ1) is 15.5. The average Bonchev–Trinajstić information content (AvgIpc) is 2.75. The van der Waals surface area contributed by atoms with E-state index in [0.717, 1.165) is 38.5 Å². The van der Waals surface area contributed by atoms with Gasteiger partial charge in [0.2, 0.25) is 5.91 Å². The first-order valence-electron chi connectivity index (χ1n) is 12.8. The van der Waals surface area contributed by atoms with Gasteiger partial charge in [-0.25, -0.2) is 4.79 Å². The normalized spacial score (nSPS) is 11.9. The van der Waals surface area contributed by atoms with Crippen molar-refractivity contribution in [2.45, 2.75) is 134 Å². The van der Waals surface area contributed by atoms with Gasteiger partial charge in [-0.3, -0.25) is 9.59 Å². The lowest BCUT2D eigenvalue weighted by atomic mass is 10.0. The number of carboxylic acid groups (broad SMARTS) is 2. The molecule has 4 N–H and O–H groups in total. The lowest BCUT2D eigenvalue weighted by Crippen LogP contribution is -2.40. The van der Waals surface area contributed by atoms with Gasteiger partial charge in [0, 0.05) is 19.4 Å². The highest BCUT2D eigenvalue weighted by molar-refractivity contribution is 5.83. The number of hydrogen-bond acceptors (Lipinski definition) is 4. The first-order valence-corrected chi connectivity index (χ1v) is 12.8. The van der Waals surface area contributed by atoms with E-state index in [1.807, 2.05) is 0 Å². The maximum absolute atomic E-state index is 11.8. The molecule has 0 aliphatic rings. The molecule has 32 heavy (non-hydrogen) atoms. The molecule has 0 fully saturated rings. The van der Waals surface area contributed by atoms with Crippen LogP contribution in [-0.4, -0.2) is 45.8 Å². The van der Waals surface area contributed by atoms with Crippen molar-refractivity contribution in [3.63, 3.8) is 0 Å². The SMILES string of the molecule is O=C(O)CCCCCCCCCCCCCCCCCCC(=O)N[C@@H](CCCO)C(=O)O. The van der Waals surface area contributed by atoms with E-state index < -0.39 is 18.0 Å². The molecule has 0 aromatic carbocycles. The van der Waals surface area contributed by atoms with Crippen molar-refractivity contribution in [1.29, 1.82) is 0 Å². The summed E-state index contributed by atoms with van der Waals surface area (Å²) in [5.74, 6) is -1.95. The summed E-state index contributed by atoms with van der Waals surface area (Å²) < 4.78 is 0. The highest BCUT2D eigenvalue weighted by Gasteiger charge is 2.18. The highest BCUT2D eigenvalue weighted by atomic mass is 16.4. The summed E-state index contributed by atoms with van der Waals surface area (Å²) >= 11 is 0. The Morgan fingerprint density at radius 1 is 0.562 bits per heavy atom. The van der Waals surface area contributed by atoms with Crippen molar-refractivity contribution in [2.75, 3.05) is 6.61 Å². The van der Waals surface area contributed by atoms with Crippen molar-refractivity contribution in [3.8, 4) is 0 Å². The van der Waals surface area contributed by atoms with Gasteiger partial charge in [0.05, 0.1) is 0 Å². The van der Waals surface area contributed by atoms with E-state index >= 15 is 0 Å². The number of nitrogens with one attached hydrogen (secondary N) is 1. The molecule has 7 nitrogen and oxygen atoms in total. The third-order valence-electron chi connectivity index (χ3n) is 5.83. The van der Waals surface area contributed by atoms with Crippen LogP contribution in [0.15, 0.2) is 0 Å². The van der Waals surface area contributed by atoms with E-state index in [9.17, 15) is 14.4 Å². The summed E-state index contributed by atoms with van der Waals surface area (Å²) in [5.41, 5.74) is 0. The molecular weight excluding hydrogens is 410 g/mol. The maximum Gasteiger partial charge on any atom is 0.326 e. The minimum absolute atomic E-state index is 0.0710. The maximum atomic E-state index is 11.8. The Morgan fingerprint density at radius 2 is 0.938 bits per heavy atom. The van der Waals surface area contributed by atoms with E-state index in [0.29, 0.717) is 19.3 Å². The predicted octanol–water partition coefficient (Wildman–Crippen LogP) is 5.43. The molecule has 1 atom stereocenters. The standard InChI is InChI=1S/C25H47NO6/c27-21-17-18-22(25(31)32)26-23(28)19-15-13-11-9-7-5-3-1-2-4-6-8-10-12-14-16-20-24(29)30/h22,27H,1-21H2,(H,26,28)(H,29,30)(H,31,32)/t22-/m0/s1. The minimum Gasteiger partial charge on any atom is -0.481 e. The number of aliphatic carboxylic acids is 2. The molecule has 0 bridgehead atoms. The number of amides is 1. The van der Waals surface area contributed by atoms with Crippen LogP contribution in [0.4, 0.5) is 0 Å². The van der Waals surface area contributed by atoms with Gasteiger partial charge in [0.15, 0.2) is 0 Å². The van der Waals surface area contributed by atoms with Crippen LogP contribution in [0.1, 0.15) is 128 Å². The van der Waals surface area contributed by atoms with Crippen molar-refractivity contribution in [2.24, 2.45) is 0 Å². The van der Waals surface area contributed by atoms with Gasteiger partial charge in [-0.2, -0.15) is 0 Å². The fourth-order valence-electron chi connectivity index (χ4n) is 3.86. The molecule has 0 heterocycles. The van der Waals surface area contributed by atoms with Crippen LogP contribution in [0.2, 0.25) is 0 Å². The molecule has 0 aromatic heterocycles. The second-order valence-corrected chi connectivity index (χ2v) is 8.87. The molecule has 0 saturated heterocycles. The quantitative estimate of drug-likeness (QED) is 0.143. The molecule has 0 aliphatic heterocycles. The zero-order valence-electron chi connectivity index (χ0n) is 20.0. The van der Waals surface area contributed by atoms with E-state index in [1.54, 1.807) is 0 Å². The van der Waals surface area contributed by atoms with Gasteiger partial charge in [-0.15, -0.1) is 0 Å². The van der Waals surface area contributed by atoms with Crippen LogP contribution in [0.3, 0.4) is 0 Å². The number of aliphatic hydroxyl groups is 1. The Hall–Kier alpha value is -1.63. The van der Waals surface area contributed by atoms with Gasteiger partial charge in [-0.05, 0) is 25.7 Å². The number of aliphatic hydroxyl groups excluding tert-OH is 1. The molecule has 0 saturated carbocycles. The Kier molecular flexibility index (Phi) is 21.4. The molecule has 0 unspecified atom stereocenters. The van der Waals surface area contributed by atoms with Crippen molar-refractivity contribution < 1.29 is 29.7 Å². The van der Waals surface area contributed by atoms with Crippen LogP contribution < -0.4 is 5.32 Å². The molecule has 7 heteroatoms. The fourth-order valence-corrected chi connectivity index (χ4v) is 3.86. The summed E-state index contributed by atoms with van der Waals surface area (Å²) in [5, 5.41) is 29.0. The lowest BCUT2D eigenvalue weighted by molar-refractivity contribution is -0.142. The van der Waals surface area contributed by atoms with Gasteiger partial charge < -0.3 is 20.6 Å². The second kappa shape index (κ2) is 22.6. The van der Waals surface area contributed by atoms with Gasteiger partial charge in [-0.1, -0.05) is 89.9 Å². The van der Waals surface area contributed by atoms with Crippen LogP contribution in [-0.2, 0) is 14.4 Å². The van der Waals surface area contributed by atoms with Crippen LogP contribution >= 0.6 is 0 Å². The zero-order chi connectivity index (χ0) is 23.9. The number of rotatable bonds is 24. The summed E-state index contributed by atoms with van der Waals surface area (Å²) in [6.45, 7) is -0.0710. The highest BCUT2D eigenvalue weighted by Crippen LogP contribution is 2.14. The van der Waals surface area contributed by atoms with Gasteiger partial charge in [0.25, 0.3) is 0 Å². The first kappa shape index (κ1) is 30.4. The van der Waals surface area contributed by atoms with Crippen molar-refractivity contribution in [3.05, 3.63) is 0 Å². The van der Waals surface area contributed by atoms with Gasteiger partial charge >= 0.3 is 11.9 Å². The Morgan fingerprint density at radius 3 is 1.28 bits per heavy atom. The van der Waals surface area contributed by atoms with Crippen LogP contribution in [0.25, 0.3) is 0 Å². The Balaban J connectivity index is 3.33. The number of hydrogen-bond donors (Lipinski definition) is 4. The molecular formula is C25H47NO6. The molecule has 188 valence electrons. The average molecular weight is 458 g/mol. The molecule has 0 rings (SSSR count). The summed E-state index contributed by atoms with van der Waals surface area (Å²) in [4.78, 5) is 33.3. The van der Waals surface area contributed by atoms with Crippen LogP contribution in [0.5, 0.6) is 0 Å². The van der Waals surface area contributed by atoms with E-state index in [2.05, 4.69) is 5.32 Å². The van der Waals surface area contributed by atoms with Crippen LogP contribution in [0, 0.1) is 0 Å². The minimum atomic E-state index is -1.04. The van der Waals surface area contributed by atoms with Crippen molar-refractivity contribution >= 4 is 17.8 Å². The molecule has 0 radical (unpaired) electrons. The molecule has 1 amide bonds. The number of carbonyl (C=O) groups is 3. The van der Waals surface area contributed by atoms with E-state index in [4.69, 9.17) is 15.3 Å². The number of carboxylic acids is 2. The second-order valence-electron chi connectivity index (χ2n) is 8.87. The Labute approximate surface area is 194 Å². The predicted molar refractivity (Wildman–Crippen MR) is 127 cm³/mol. The largest absolute Gasteiger partial charge is 0.481 e. The van der Waals surface area contributed by atoms with E-state index in [1.165, 1.54) is 64.2 Å². The van der Waals surface area contributed by atoms with E-state index in [-0.39, 0.29) is 18.9 Å². The number of unbranched alkanes of at least 4 members (excludes halogenated alkanes) is 15. The smallest absolute Gasteiger partial charge is 0.326 e. The third-order valence-corrected chi connectivity index (χ3v) is 5.83. The Bertz CT molecular complexity index is 483. The zero-order valence-corrected chi connectivity index (χ0v) is 20.0. The topological polar surface area (TPSA) is 124 Å². The summed E-state index contributed by atoms with van der Waals surface area (Å²) in [6, 6.07) is -0.898. The monoisotopic (exact) mass is 457 g/mol. The molecule has 0 aliphatic carbocycles. The van der Waals surface area contributed by atoms with Crippen molar-refractivity contribution in [1.82, 2.24) is 5.32 Å². The molecule has 0 spiro atoms.